The largest absolute Gasteiger partial charge is 0.497 e. The van der Waals surface area contributed by atoms with Crippen molar-refractivity contribution in [3.63, 3.8) is 0 Å². The summed E-state index contributed by atoms with van der Waals surface area (Å²) in [5, 5.41) is 6.77. The molecule has 1 heterocycles. The molecule has 0 aliphatic heterocycles. The smallest absolute Gasteiger partial charge is 0.252 e. The first-order valence-electron chi connectivity index (χ1n) is 8.54. The van der Waals surface area contributed by atoms with Crippen LogP contribution in [0.15, 0.2) is 66.9 Å². The molecule has 0 atom stereocenters. The lowest BCUT2D eigenvalue weighted by Crippen LogP contribution is -2.25. The lowest BCUT2D eigenvalue weighted by atomic mass is 10.1. The van der Waals surface area contributed by atoms with Gasteiger partial charge in [-0.05, 0) is 48.4 Å². The van der Waals surface area contributed by atoms with Crippen LogP contribution in [0.25, 0.3) is 0 Å². The molecule has 6 heteroatoms. The van der Waals surface area contributed by atoms with Crippen molar-refractivity contribution < 1.29 is 9.53 Å². The summed E-state index contributed by atoms with van der Waals surface area (Å²) in [7, 11) is 1.62. The van der Waals surface area contributed by atoms with Gasteiger partial charge >= 0.3 is 0 Å². The predicted molar refractivity (Wildman–Crippen MR) is 108 cm³/mol. The van der Waals surface area contributed by atoms with Crippen LogP contribution in [0.5, 0.6) is 5.75 Å². The van der Waals surface area contributed by atoms with Gasteiger partial charge in [-0.3, -0.25) is 4.79 Å². The molecule has 1 aromatic heterocycles. The van der Waals surface area contributed by atoms with E-state index in [9.17, 15) is 4.79 Å². The Balaban J connectivity index is 1.53. The van der Waals surface area contributed by atoms with E-state index >= 15 is 0 Å². The van der Waals surface area contributed by atoms with Crippen LogP contribution in [-0.4, -0.2) is 24.5 Å². The highest BCUT2D eigenvalue weighted by Gasteiger charge is 2.06. The zero-order chi connectivity index (χ0) is 19.1. The van der Waals surface area contributed by atoms with Gasteiger partial charge in [0.15, 0.2) is 0 Å². The number of amides is 1. The van der Waals surface area contributed by atoms with Crippen LogP contribution in [0, 0.1) is 0 Å². The van der Waals surface area contributed by atoms with Gasteiger partial charge in [0.2, 0.25) is 0 Å². The third kappa shape index (κ3) is 5.46. The van der Waals surface area contributed by atoms with E-state index in [2.05, 4.69) is 15.6 Å². The van der Waals surface area contributed by atoms with E-state index in [1.54, 1.807) is 25.4 Å². The van der Waals surface area contributed by atoms with Gasteiger partial charge in [0.25, 0.3) is 5.91 Å². The van der Waals surface area contributed by atoms with Crippen molar-refractivity contribution in [1.82, 2.24) is 10.3 Å². The molecule has 27 heavy (non-hydrogen) atoms. The summed E-state index contributed by atoms with van der Waals surface area (Å²) < 4.78 is 5.20. The number of ether oxygens (including phenoxy) is 1. The Kier molecular flexibility index (Phi) is 6.28. The van der Waals surface area contributed by atoms with Crippen molar-refractivity contribution >= 4 is 29.0 Å². The minimum Gasteiger partial charge on any atom is -0.497 e. The van der Waals surface area contributed by atoms with Gasteiger partial charge in [-0.25, -0.2) is 4.98 Å². The molecule has 0 saturated heterocycles. The van der Waals surface area contributed by atoms with Crippen LogP contribution in [0.1, 0.15) is 15.9 Å². The van der Waals surface area contributed by atoms with Crippen LogP contribution < -0.4 is 15.4 Å². The Morgan fingerprint density at radius 1 is 1.11 bits per heavy atom. The molecule has 0 aliphatic carbocycles. The summed E-state index contributed by atoms with van der Waals surface area (Å²) in [5.74, 6) is 1.26. The summed E-state index contributed by atoms with van der Waals surface area (Å²) >= 11 is 5.96. The molecule has 138 valence electrons. The van der Waals surface area contributed by atoms with E-state index in [0.717, 1.165) is 23.4 Å². The monoisotopic (exact) mass is 381 g/mol. The molecule has 0 bridgehead atoms. The molecule has 2 N–H and O–H groups in total. The van der Waals surface area contributed by atoms with E-state index in [1.165, 1.54) is 0 Å². The lowest BCUT2D eigenvalue weighted by molar-refractivity contribution is 0.0954. The van der Waals surface area contributed by atoms with Crippen LogP contribution in [0.3, 0.4) is 0 Å². The number of nitrogens with zero attached hydrogens (tertiary/aromatic N) is 1. The molecule has 0 radical (unpaired) electrons. The van der Waals surface area contributed by atoms with Crippen LogP contribution in [0.2, 0.25) is 5.02 Å². The standard InChI is InChI=1S/C21H20ClN3O2/c1-27-19-7-3-6-18(13-19)25-20-9-8-16(14-24-20)21(26)23-11-10-15-4-2-5-17(22)12-15/h2-9,12-14H,10-11H2,1H3,(H,23,26)(H,24,25). The van der Waals surface area contributed by atoms with E-state index in [0.29, 0.717) is 22.9 Å². The van der Waals surface area contributed by atoms with E-state index in [1.807, 2.05) is 48.5 Å². The summed E-state index contributed by atoms with van der Waals surface area (Å²) in [6.45, 7) is 0.531. The second-order valence-electron chi connectivity index (χ2n) is 5.92. The molecule has 2 aromatic carbocycles. The molecule has 1 amide bonds. The van der Waals surface area contributed by atoms with Crippen molar-refractivity contribution in [1.29, 1.82) is 0 Å². The van der Waals surface area contributed by atoms with Gasteiger partial charge in [-0.15, -0.1) is 0 Å². The summed E-state index contributed by atoms with van der Waals surface area (Å²) in [4.78, 5) is 16.5. The molecule has 0 fully saturated rings. The minimum atomic E-state index is -0.155. The summed E-state index contributed by atoms with van der Waals surface area (Å²) in [6.07, 6.45) is 2.27. The number of hydrogen-bond donors (Lipinski definition) is 2. The number of rotatable bonds is 7. The SMILES string of the molecule is COc1cccc(Nc2ccc(C(=O)NCCc3cccc(Cl)c3)cn2)c1. The van der Waals surface area contributed by atoms with E-state index < -0.39 is 0 Å². The topological polar surface area (TPSA) is 63.2 Å². The van der Waals surface area contributed by atoms with Crippen molar-refractivity contribution in [3.05, 3.63) is 83.0 Å². The Bertz CT molecular complexity index is 913. The molecule has 5 nitrogen and oxygen atoms in total. The maximum atomic E-state index is 12.2. The minimum absolute atomic E-state index is 0.155. The van der Waals surface area contributed by atoms with Crippen molar-refractivity contribution in [2.75, 3.05) is 19.0 Å². The number of hydrogen-bond acceptors (Lipinski definition) is 4. The average molecular weight is 382 g/mol. The molecule has 0 spiro atoms. The van der Waals surface area contributed by atoms with Gasteiger partial charge < -0.3 is 15.4 Å². The number of nitrogens with one attached hydrogen (secondary N) is 2. The van der Waals surface area contributed by atoms with Crippen molar-refractivity contribution in [3.8, 4) is 5.75 Å². The first-order valence-corrected chi connectivity index (χ1v) is 8.91. The zero-order valence-corrected chi connectivity index (χ0v) is 15.7. The molecular formula is C21H20ClN3O2. The van der Waals surface area contributed by atoms with Gasteiger partial charge in [-0.1, -0.05) is 29.8 Å². The first kappa shape index (κ1) is 18.7. The van der Waals surface area contributed by atoms with Gasteiger partial charge in [-0.2, -0.15) is 0 Å². The Morgan fingerprint density at radius 2 is 1.96 bits per heavy atom. The predicted octanol–water partition coefficient (Wildman–Crippen LogP) is 4.46. The molecular weight excluding hydrogens is 362 g/mol. The summed E-state index contributed by atoms with van der Waals surface area (Å²) in [5.41, 5.74) is 2.46. The normalized spacial score (nSPS) is 10.3. The van der Waals surface area contributed by atoms with E-state index in [-0.39, 0.29) is 5.91 Å². The Hall–Kier alpha value is -3.05. The first-order chi connectivity index (χ1) is 13.1. The number of halogens is 1. The van der Waals surface area contributed by atoms with Gasteiger partial charge in [0.05, 0.1) is 12.7 Å². The number of carbonyl (C=O) groups is 1. The molecule has 0 saturated carbocycles. The van der Waals surface area contributed by atoms with Crippen LogP contribution in [-0.2, 0) is 6.42 Å². The fourth-order valence-corrected chi connectivity index (χ4v) is 2.78. The Labute approximate surface area is 163 Å². The van der Waals surface area contributed by atoms with Gasteiger partial charge in [0, 0.05) is 29.5 Å². The third-order valence-electron chi connectivity index (χ3n) is 3.96. The van der Waals surface area contributed by atoms with Gasteiger partial charge in [0.1, 0.15) is 11.6 Å². The fraction of sp³-hybridized carbons (Fsp3) is 0.143. The molecule has 0 aliphatic rings. The number of pyridine rings is 1. The number of aromatic nitrogens is 1. The average Bonchev–Trinajstić information content (AvgIpc) is 2.69. The zero-order valence-electron chi connectivity index (χ0n) is 14.9. The van der Waals surface area contributed by atoms with Crippen LogP contribution in [0.4, 0.5) is 11.5 Å². The number of methoxy groups -OCH3 is 1. The number of benzene rings is 2. The van der Waals surface area contributed by atoms with Crippen molar-refractivity contribution in [2.45, 2.75) is 6.42 Å². The molecule has 3 aromatic rings. The summed E-state index contributed by atoms with van der Waals surface area (Å²) in [6, 6.07) is 18.7. The third-order valence-corrected chi connectivity index (χ3v) is 4.19. The fourth-order valence-electron chi connectivity index (χ4n) is 2.57. The van der Waals surface area contributed by atoms with Crippen LogP contribution >= 0.6 is 11.6 Å². The van der Waals surface area contributed by atoms with Crippen molar-refractivity contribution in [2.24, 2.45) is 0 Å². The lowest BCUT2D eigenvalue weighted by Gasteiger charge is -2.09. The maximum absolute atomic E-state index is 12.2. The Morgan fingerprint density at radius 3 is 2.70 bits per heavy atom. The quantitative estimate of drug-likeness (QED) is 0.634. The van der Waals surface area contributed by atoms with E-state index in [4.69, 9.17) is 16.3 Å². The second-order valence-corrected chi connectivity index (χ2v) is 6.36. The number of anilines is 2. The maximum Gasteiger partial charge on any atom is 0.252 e. The molecule has 3 rings (SSSR count). The highest BCUT2D eigenvalue weighted by atomic mass is 35.5. The number of carbonyl (C=O) groups excluding carboxylic acids is 1. The second kappa shape index (κ2) is 9.05. The molecule has 0 unspecified atom stereocenters. The highest BCUT2D eigenvalue weighted by Crippen LogP contribution is 2.20. The highest BCUT2D eigenvalue weighted by molar-refractivity contribution is 6.30.